The Morgan fingerprint density at radius 1 is 1.05 bits per heavy atom. The quantitative estimate of drug-likeness (QED) is 0.762. The van der Waals surface area contributed by atoms with Gasteiger partial charge in [0.2, 0.25) is 0 Å². The third-order valence-corrected chi connectivity index (χ3v) is 3.12. The van der Waals surface area contributed by atoms with E-state index in [1.807, 2.05) is 36.5 Å². The number of rotatable bonds is 4. The van der Waals surface area contributed by atoms with Crippen LogP contribution in [0.5, 0.6) is 11.5 Å². The zero-order chi connectivity index (χ0) is 13.9. The van der Waals surface area contributed by atoms with Gasteiger partial charge in [0.25, 0.3) is 0 Å². The van der Waals surface area contributed by atoms with Crippen LogP contribution in [-0.4, -0.2) is 24.2 Å². The minimum absolute atomic E-state index is 0.692. The molecule has 20 heavy (non-hydrogen) atoms. The van der Waals surface area contributed by atoms with Crippen LogP contribution in [-0.2, 0) is 0 Å². The summed E-state index contributed by atoms with van der Waals surface area (Å²) in [6.07, 6.45) is 3.64. The minimum atomic E-state index is 0.692. The molecule has 0 atom stereocenters. The van der Waals surface area contributed by atoms with Crippen LogP contribution in [0.2, 0.25) is 0 Å². The summed E-state index contributed by atoms with van der Waals surface area (Å²) in [6, 6.07) is 9.65. The van der Waals surface area contributed by atoms with Crippen LogP contribution in [0.25, 0.3) is 11.0 Å². The number of benzene rings is 1. The largest absolute Gasteiger partial charge is 0.493 e. The summed E-state index contributed by atoms with van der Waals surface area (Å²) in [5.41, 5.74) is 2.77. The fraction of sp³-hybridized carbons (Fsp3) is 0.133. The van der Waals surface area contributed by atoms with Gasteiger partial charge in [-0.25, -0.2) is 4.98 Å². The Labute approximate surface area is 116 Å². The first-order valence-electron chi connectivity index (χ1n) is 6.23. The van der Waals surface area contributed by atoms with Gasteiger partial charge in [-0.15, -0.1) is 0 Å². The maximum atomic E-state index is 5.30. The van der Waals surface area contributed by atoms with Crippen LogP contribution in [0.1, 0.15) is 0 Å². The summed E-state index contributed by atoms with van der Waals surface area (Å²) in [5, 5.41) is 4.41. The second-order valence-electron chi connectivity index (χ2n) is 4.29. The molecule has 1 aromatic carbocycles. The van der Waals surface area contributed by atoms with Crippen molar-refractivity contribution in [3.8, 4) is 11.5 Å². The average Bonchev–Trinajstić information content (AvgIpc) is 2.96. The molecule has 0 aliphatic rings. The van der Waals surface area contributed by atoms with Crippen LogP contribution in [0.3, 0.4) is 0 Å². The number of pyridine rings is 1. The third-order valence-electron chi connectivity index (χ3n) is 3.12. The van der Waals surface area contributed by atoms with E-state index in [1.54, 1.807) is 20.4 Å². The van der Waals surface area contributed by atoms with E-state index in [0.29, 0.717) is 11.5 Å². The van der Waals surface area contributed by atoms with E-state index < -0.39 is 0 Å². The van der Waals surface area contributed by atoms with Gasteiger partial charge >= 0.3 is 0 Å². The lowest BCUT2D eigenvalue weighted by Gasteiger charge is -2.11. The van der Waals surface area contributed by atoms with Gasteiger partial charge in [-0.2, -0.15) is 0 Å². The number of methoxy groups -OCH3 is 2. The van der Waals surface area contributed by atoms with Gasteiger partial charge < -0.3 is 19.8 Å². The highest BCUT2D eigenvalue weighted by atomic mass is 16.5. The van der Waals surface area contributed by atoms with Crippen LogP contribution in [0.4, 0.5) is 11.4 Å². The molecule has 0 fully saturated rings. The van der Waals surface area contributed by atoms with Gasteiger partial charge in [0.05, 0.1) is 19.9 Å². The molecule has 0 unspecified atom stereocenters. The van der Waals surface area contributed by atoms with Gasteiger partial charge in [-0.3, -0.25) is 0 Å². The molecular formula is C15H15N3O2. The lowest BCUT2D eigenvalue weighted by Crippen LogP contribution is -1.95. The first-order chi connectivity index (χ1) is 9.81. The van der Waals surface area contributed by atoms with Crippen molar-refractivity contribution in [2.75, 3.05) is 19.5 Å². The fourth-order valence-corrected chi connectivity index (χ4v) is 2.14. The van der Waals surface area contributed by atoms with Gasteiger partial charge in [-0.1, -0.05) is 0 Å². The summed E-state index contributed by atoms with van der Waals surface area (Å²) < 4.78 is 10.5. The van der Waals surface area contributed by atoms with E-state index >= 15 is 0 Å². The first kappa shape index (κ1) is 12.3. The van der Waals surface area contributed by atoms with Crippen molar-refractivity contribution in [3.05, 3.63) is 42.7 Å². The molecule has 3 rings (SSSR count). The predicted octanol–water partition coefficient (Wildman–Crippen LogP) is 3.32. The Bertz CT molecular complexity index is 737. The molecule has 0 saturated heterocycles. The highest BCUT2D eigenvalue weighted by molar-refractivity contribution is 5.91. The maximum absolute atomic E-state index is 5.30. The van der Waals surface area contributed by atoms with Crippen molar-refractivity contribution >= 4 is 22.4 Å². The Morgan fingerprint density at radius 3 is 2.70 bits per heavy atom. The highest BCUT2D eigenvalue weighted by Gasteiger charge is 2.07. The molecule has 0 amide bonds. The third kappa shape index (κ3) is 2.14. The Hall–Kier alpha value is -2.69. The Balaban J connectivity index is 1.96. The molecule has 2 N–H and O–H groups in total. The van der Waals surface area contributed by atoms with Crippen molar-refractivity contribution in [2.24, 2.45) is 0 Å². The van der Waals surface area contributed by atoms with Crippen molar-refractivity contribution in [1.82, 2.24) is 9.97 Å². The van der Waals surface area contributed by atoms with E-state index in [2.05, 4.69) is 15.3 Å². The molecule has 0 spiro atoms. The molecule has 5 heteroatoms. The molecule has 0 aliphatic carbocycles. The number of hydrogen-bond acceptors (Lipinski definition) is 4. The van der Waals surface area contributed by atoms with Crippen molar-refractivity contribution in [3.63, 3.8) is 0 Å². The van der Waals surface area contributed by atoms with Gasteiger partial charge in [0, 0.05) is 29.5 Å². The molecule has 2 heterocycles. The molecule has 102 valence electrons. The second kappa shape index (κ2) is 5.13. The molecular weight excluding hydrogens is 254 g/mol. The van der Waals surface area contributed by atoms with E-state index in [0.717, 1.165) is 22.4 Å². The standard InChI is InChI=1S/C15H15N3O2/c1-19-13-4-3-10(9-14(13)20-2)18-12-6-8-17-15-11(12)5-7-16-15/h3-9H,1-2H3,(H2,16,17,18). The summed E-state index contributed by atoms with van der Waals surface area (Å²) >= 11 is 0. The van der Waals surface area contributed by atoms with Gasteiger partial charge in [0.15, 0.2) is 11.5 Å². The lowest BCUT2D eigenvalue weighted by atomic mass is 10.2. The molecule has 2 aromatic heterocycles. The summed E-state index contributed by atoms with van der Waals surface area (Å²) in [5.74, 6) is 1.40. The zero-order valence-corrected chi connectivity index (χ0v) is 11.3. The van der Waals surface area contributed by atoms with Crippen molar-refractivity contribution in [1.29, 1.82) is 0 Å². The summed E-state index contributed by atoms with van der Waals surface area (Å²) in [4.78, 5) is 7.36. The Morgan fingerprint density at radius 2 is 1.90 bits per heavy atom. The number of H-pyrrole nitrogens is 1. The molecule has 0 radical (unpaired) electrons. The van der Waals surface area contributed by atoms with Crippen LogP contribution in [0, 0.1) is 0 Å². The van der Waals surface area contributed by atoms with E-state index in [9.17, 15) is 0 Å². The smallest absolute Gasteiger partial charge is 0.162 e. The number of nitrogens with zero attached hydrogens (tertiary/aromatic N) is 1. The van der Waals surface area contributed by atoms with E-state index in [-0.39, 0.29) is 0 Å². The maximum Gasteiger partial charge on any atom is 0.162 e. The normalized spacial score (nSPS) is 10.5. The molecule has 5 nitrogen and oxygen atoms in total. The number of hydrogen-bond donors (Lipinski definition) is 2. The van der Waals surface area contributed by atoms with E-state index in [4.69, 9.17) is 9.47 Å². The predicted molar refractivity (Wildman–Crippen MR) is 78.9 cm³/mol. The van der Waals surface area contributed by atoms with Crippen LogP contribution >= 0.6 is 0 Å². The topological polar surface area (TPSA) is 59.2 Å². The molecule has 0 aliphatic heterocycles. The van der Waals surface area contributed by atoms with Crippen molar-refractivity contribution in [2.45, 2.75) is 0 Å². The number of aromatic nitrogens is 2. The highest BCUT2D eigenvalue weighted by Crippen LogP contribution is 2.32. The molecule has 0 bridgehead atoms. The summed E-state index contributed by atoms with van der Waals surface area (Å²) in [6.45, 7) is 0. The van der Waals surface area contributed by atoms with E-state index in [1.165, 1.54) is 0 Å². The van der Waals surface area contributed by atoms with Gasteiger partial charge in [0.1, 0.15) is 5.65 Å². The zero-order valence-electron chi connectivity index (χ0n) is 11.3. The van der Waals surface area contributed by atoms with Crippen LogP contribution in [0.15, 0.2) is 42.7 Å². The minimum Gasteiger partial charge on any atom is -0.493 e. The average molecular weight is 269 g/mol. The first-order valence-corrected chi connectivity index (χ1v) is 6.23. The van der Waals surface area contributed by atoms with Crippen molar-refractivity contribution < 1.29 is 9.47 Å². The number of anilines is 2. The van der Waals surface area contributed by atoms with Crippen LogP contribution < -0.4 is 14.8 Å². The number of nitrogens with one attached hydrogen (secondary N) is 2. The Kier molecular flexibility index (Phi) is 3.16. The summed E-state index contributed by atoms with van der Waals surface area (Å²) in [7, 11) is 3.25. The fourth-order valence-electron chi connectivity index (χ4n) is 2.14. The SMILES string of the molecule is COc1ccc(Nc2ccnc3[nH]ccc23)cc1OC. The number of aromatic amines is 1. The number of fused-ring (bicyclic) bond motifs is 1. The number of ether oxygens (including phenoxy) is 2. The van der Waals surface area contributed by atoms with Gasteiger partial charge in [-0.05, 0) is 24.3 Å². The lowest BCUT2D eigenvalue weighted by molar-refractivity contribution is 0.355. The monoisotopic (exact) mass is 269 g/mol. The molecule has 3 aromatic rings. The second-order valence-corrected chi connectivity index (χ2v) is 4.29. The molecule has 0 saturated carbocycles.